The van der Waals surface area contributed by atoms with Crippen LogP contribution in [-0.4, -0.2) is 24.4 Å². The van der Waals surface area contributed by atoms with Gasteiger partial charge in [0.05, 0.1) is 7.11 Å². The number of rotatable bonds is 3. The van der Waals surface area contributed by atoms with Crippen LogP contribution in [0.1, 0.15) is 0 Å². The van der Waals surface area contributed by atoms with Crippen LogP contribution in [0.5, 0.6) is 5.75 Å². The van der Waals surface area contributed by atoms with Crippen molar-refractivity contribution in [3.05, 3.63) is 42.6 Å². The van der Waals surface area contributed by atoms with Crippen LogP contribution in [0.15, 0.2) is 42.6 Å². The molecular weight excluding hydrogens is 202 g/mol. The van der Waals surface area contributed by atoms with Crippen LogP contribution in [0.3, 0.4) is 0 Å². The highest BCUT2D eigenvalue weighted by Gasteiger charge is 2.05. The first kappa shape index (κ1) is 10.4. The fraction of sp³-hybridized carbons (Fsp3) is 0.167. The van der Waals surface area contributed by atoms with Crippen molar-refractivity contribution in [2.75, 3.05) is 19.1 Å². The predicted molar refractivity (Wildman–Crippen MR) is 63.1 cm³/mol. The number of methoxy groups -OCH3 is 1. The lowest BCUT2D eigenvalue weighted by Gasteiger charge is -2.17. The Balaban J connectivity index is 2.30. The average Bonchev–Trinajstić information content (AvgIpc) is 2.39. The summed E-state index contributed by atoms with van der Waals surface area (Å²) in [5.74, 6) is 1.63. The van der Waals surface area contributed by atoms with E-state index in [1.807, 2.05) is 48.3 Å². The molecule has 0 spiro atoms. The van der Waals surface area contributed by atoms with Gasteiger partial charge in [-0.05, 0) is 24.3 Å². The zero-order valence-electron chi connectivity index (χ0n) is 9.29. The Morgan fingerprint density at radius 1 is 1.19 bits per heavy atom. The van der Waals surface area contributed by atoms with Gasteiger partial charge in [0.2, 0.25) is 0 Å². The van der Waals surface area contributed by atoms with Gasteiger partial charge in [-0.2, -0.15) is 5.10 Å². The van der Waals surface area contributed by atoms with Crippen molar-refractivity contribution in [1.82, 2.24) is 10.2 Å². The molecule has 1 heterocycles. The summed E-state index contributed by atoms with van der Waals surface area (Å²) in [6, 6.07) is 11.6. The highest BCUT2D eigenvalue weighted by molar-refractivity contribution is 5.60. The smallest absolute Gasteiger partial charge is 0.155 e. The molecule has 0 fully saturated rings. The maximum absolute atomic E-state index is 5.18. The topological polar surface area (TPSA) is 38.2 Å². The average molecular weight is 215 g/mol. The van der Waals surface area contributed by atoms with Gasteiger partial charge < -0.3 is 9.64 Å². The van der Waals surface area contributed by atoms with Gasteiger partial charge in [-0.25, -0.2) is 0 Å². The number of hydrogen-bond donors (Lipinski definition) is 0. The molecule has 0 atom stereocenters. The second-order valence-electron chi connectivity index (χ2n) is 3.34. The van der Waals surface area contributed by atoms with E-state index in [1.165, 1.54) is 0 Å². The standard InChI is InChI=1S/C12H13N3O/c1-15(12-7-4-8-13-14-12)10-5-3-6-11(9-10)16-2/h3-9H,1-2H3. The van der Waals surface area contributed by atoms with Crippen molar-refractivity contribution < 1.29 is 4.74 Å². The third-order valence-corrected chi connectivity index (χ3v) is 2.34. The number of aromatic nitrogens is 2. The van der Waals surface area contributed by atoms with Gasteiger partial charge in [0.15, 0.2) is 5.82 Å². The first-order valence-electron chi connectivity index (χ1n) is 4.97. The largest absolute Gasteiger partial charge is 0.497 e. The molecule has 0 bridgehead atoms. The monoisotopic (exact) mass is 215 g/mol. The van der Waals surface area contributed by atoms with Gasteiger partial charge >= 0.3 is 0 Å². The molecule has 0 saturated carbocycles. The molecule has 82 valence electrons. The molecule has 2 aromatic rings. The molecule has 0 radical (unpaired) electrons. The third kappa shape index (κ3) is 2.11. The van der Waals surface area contributed by atoms with E-state index in [4.69, 9.17) is 4.74 Å². The van der Waals surface area contributed by atoms with E-state index >= 15 is 0 Å². The van der Waals surface area contributed by atoms with Crippen LogP contribution in [0.4, 0.5) is 11.5 Å². The minimum absolute atomic E-state index is 0.802. The Bertz CT molecular complexity index is 459. The first-order chi connectivity index (χ1) is 7.81. The van der Waals surface area contributed by atoms with Crippen LogP contribution in [0, 0.1) is 0 Å². The fourth-order valence-corrected chi connectivity index (χ4v) is 1.42. The zero-order chi connectivity index (χ0) is 11.4. The van der Waals surface area contributed by atoms with Crippen molar-refractivity contribution in [3.8, 4) is 5.75 Å². The van der Waals surface area contributed by atoms with Crippen molar-refractivity contribution >= 4 is 11.5 Å². The molecule has 0 aliphatic carbocycles. The van der Waals surface area contributed by atoms with E-state index in [-0.39, 0.29) is 0 Å². The highest BCUT2D eigenvalue weighted by Crippen LogP contribution is 2.24. The Morgan fingerprint density at radius 3 is 2.75 bits per heavy atom. The van der Waals surface area contributed by atoms with Crippen molar-refractivity contribution in [2.45, 2.75) is 0 Å². The molecule has 0 N–H and O–H groups in total. The number of nitrogens with zero attached hydrogens (tertiary/aromatic N) is 3. The summed E-state index contributed by atoms with van der Waals surface area (Å²) in [5.41, 5.74) is 1.01. The predicted octanol–water partition coefficient (Wildman–Crippen LogP) is 2.25. The molecule has 2 rings (SSSR count). The van der Waals surface area contributed by atoms with Crippen LogP contribution < -0.4 is 9.64 Å². The normalized spacial score (nSPS) is 9.88. The Labute approximate surface area is 94.5 Å². The maximum Gasteiger partial charge on any atom is 0.155 e. The lowest BCUT2D eigenvalue weighted by molar-refractivity contribution is 0.415. The summed E-state index contributed by atoms with van der Waals surface area (Å²) < 4.78 is 5.18. The van der Waals surface area contributed by atoms with E-state index in [0.29, 0.717) is 0 Å². The van der Waals surface area contributed by atoms with Crippen molar-refractivity contribution in [2.24, 2.45) is 0 Å². The van der Waals surface area contributed by atoms with Crippen LogP contribution in [0.2, 0.25) is 0 Å². The Morgan fingerprint density at radius 2 is 2.06 bits per heavy atom. The van der Waals surface area contributed by atoms with E-state index in [9.17, 15) is 0 Å². The van der Waals surface area contributed by atoms with Gasteiger partial charge in [-0.15, -0.1) is 5.10 Å². The summed E-state index contributed by atoms with van der Waals surface area (Å²) >= 11 is 0. The summed E-state index contributed by atoms with van der Waals surface area (Å²) in [6.45, 7) is 0. The van der Waals surface area contributed by atoms with Crippen molar-refractivity contribution in [3.63, 3.8) is 0 Å². The summed E-state index contributed by atoms with van der Waals surface area (Å²) in [6.07, 6.45) is 1.66. The quantitative estimate of drug-likeness (QED) is 0.787. The minimum Gasteiger partial charge on any atom is -0.497 e. The molecule has 1 aromatic carbocycles. The van der Waals surface area contributed by atoms with Gasteiger partial charge in [0, 0.05) is 25.0 Å². The van der Waals surface area contributed by atoms with Crippen molar-refractivity contribution in [1.29, 1.82) is 0 Å². The third-order valence-electron chi connectivity index (χ3n) is 2.34. The van der Waals surface area contributed by atoms with E-state index in [2.05, 4.69) is 10.2 Å². The summed E-state index contributed by atoms with van der Waals surface area (Å²) in [5, 5.41) is 7.90. The SMILES string of the molecule is COc1cccc(N(C)c2cccnn2)c1. The Hall–Kier alpha value is -2.10. The molecule has 0 saturated heterocycles. The van der Waals surface area contributed by atoms with Crippen LogP contribution >= 0.6 is 0 Å². The molecule has 0 unspecified atom stereocenters. The summed E-state index contributed by atoms with van der Waals surface area (Å²) in [7, 11) is 3.60. The maximum atomic E-state index is 5.18. The van der Waals surface area contributed by atoms with Gasteiger partial charge in [-0.1, -0.05) is 6.07 Å². The number of benzene rings is 1. The van der Waals surface area contributed by atoms with Crippen LogP contribution in [-0.2, 0) is 0 Å². The fourth-order valence-electron chi connectivity index (χ4n) is 1.42. The second kappa shape index (κ2) is 4.61. The number of ether oxygens (including phenoxy) is 1. The highest BCUT2D eigenvalue weighted by atomic mass is 16.5. The zero-order valence-corrected chi connectivity index (χ0v) is 9.29. The van der Waals surface area contributed by atoms with Gasteiger partial charge in [0.1, 0.15) is 5.75 Å². The Kier molecular flexibility index (Phi) is 3.00. The molecule has 16 heavy (non-hydrogen) atoms. The minimum atomic E-state index is 0.802. The van der Waals surface area contributed by atoms with E-state index < -0.39 is 0 Å². The molecular formula is C12H13N3O. The second-order valence-corrected chi connectivity index (χ2v) is 3.34. The molecule has 1 aromatic heterocycles. The van der Waals surface area contributed by atoms with Gasteiger partial charge in [0.25, 0.3) is 0 Å². The molecule has 4 nitrogen and oxygen atoms in total. The van der Waals surface area contributed by atoms with Gasteiger partial charge in [-0.3, -0.25) is 0 Å². The molecule has 0 amide bonds. The van der Waals surface area contributed by atoms with Crippen LogP contribution in [0.25, 0.3) is 0 Å². The molecule has 0 aliphatic rings. The molecule has 0 aliphatic heterocycles. The molecule has 4 heteroatoms. The van der Waals surface area contributed by atoms with E-state index in [1.54, 1.807) is 13.3 Å². The lowest BCUT2D eigenvalue weighted by Crippen LogP contribution is -2.11. The van der Waals surface area contributed by atoms with E-state index in [0.717, 1.165) is 17.3 Å². The summed E-state index contributed by atoms with van der Waals surface area (Å²) in [4.78, 5) is 1.95. The number of hydrogen-bond acceptors (Lipinski definition) is 4. The lowest BCUT2D eigenvalue weighted by atomic mass is 10.3. The first-order valence-corrected chi connectivity index (χ1v) is 4.97. The number of anilines is 2.